The van der Waals surface area contributed by atoms with E-state index in [0.29, 0.717) is 30.1 Å². The van der Waals surface area contributed by atoms with Gasteiger partial charge in [0.05, 0.1) is 11.5 Å². The standard InChI is InChI=1S/C14H19N7O2/c1-21-7-8(19-13(22)9-2-3-12(17)20-9)6-10(21)14(23)18-5-4-11(15)16/h4-7,9H,2-3H2,1H3,(H3,15,16)(H2,17,20)(H,18,23)(H,19,22). The maximum Gasteiger partial charge on any atom is 0.271 e. The zero-order valence-electron chi connectivity index (χ0n) is 12.7. The second kappa shape index (κ2) is 6.77. The fraction of sp³-hybridized carbons (Fsp3) is 0.286. The van der Waals surface area contributed by atoms with E-state index in [4.69, 9.17) is 16.9 Å². The number of rotatable bonds is 5. The van der Waals surface area contributed by atoms with Gasteiger partial charge in [-0.25, -0.2) is 0 Å². The van der Waals surface area contributed by atoms with Crippen molar-refractivity contribution in [2.45, 2.75) is 18.9 Å². The molecule has 0 aliphatic carbocycles. The minimum absolute atomic E-state index is 0.165. The molecule has 0 saturated carbocycles. The Balaban J connectivity index is 2.01. The average Bonchev–Trinajstić information content (AvgIpc) is 3.04. The van der Waals surface area contributed by atoms with Crippen molar-refractivity contribution in [3.8, 4) is 0 Å². The third-order valence-electron chi connectivity index (χ3n) is 3.28. The van der Waals surface area contributed by atoms with E-state index >= 15 is 0 Å². The van der Waals surface area contributed by atoms with Crippen LogP contribution in [0, 0.1) is 5.41 Å². The molecule has 2 amide bonds. The van der Waals surface area contributed by atoms with E-state index in [2.05, 4.69) is 15.6 Å². The lowest BCUT2D eigenvalue weighted by Gasteiger charge is -2.06. The molecule has 0 fully saturated rings. The number of amidine groups is 2. The third kappa shape index (κ3) is 4.19. The van der Waals surface area contributed by atoms with Crippen LogP contribution in [0.25, 0.3) is 0 Å². The van der Waals surface area contributed by atoms with Crippen molar-refractivity contribution < 1.29 is 9.59 Å². The molecule has 1 atom stereocenters. The fourth-order valence-electron chi connectivity index (χ4n) is 2.17. The van der Waals surface area contributed by atoms with E-state index in [1.807, 2.05) is 0 Å². The summed E-state index contributed by atoms with van der Waals surface area (Å²) in [5, 5.41) is 12.2. The molecule has 1 aliphatic rings. The lowest BCUT2D eigenvalue weighted by molar-refractivity contribution is -0.117. The Labute approximate surface area is 132 Å². The highest BCUT2D eigenvalue weighted by Crippen LogP contribution is 2.16. The predicted molar refractivity (Wildman–Crippen MR) is 87.2 cm³/mol. The molecule has 0 bridgehead atoms. The summed E-state index contributed by atoms with van der Waals surface area (Å²) in [6, 6.07) is 1.07. The van der Waals surface area contributed by atoms with Gasteiger partial charge in [-0.05, 0) is 18.6 Å². The molecular formula is C14H19N7O2. The van der Waals surface area contributed by atoms with Gasteiger partial charge < -0.3 is 26.7 Å². The Kier molecular flexibility index (Phi) is 4.79. The number of nitrogens with two attached hydrogens (primary N) is 2. The van der Waals surface area contributed by atoms with Crippen molar-refractivity contribution >= 4 is 29.2 Å². The van der Waals surface area contributed by atoms with Crippen molar-refractivity contribution in [1.29, 1.82) is 5.41 Å². The summed E-state index contributed by atoms with van der Waals surface area (Å²) in [7, 11) is 1.69. The number of aromatic nitrogens is 1. The first kappa shape index (κ1) is 16.3. The average molecular weight is 317 g/mol. The molecule has 2 rings (SSSR count). The second-order valence-electron chi connectivity index (χ2n) is 5.15. The summed E-state index contributed by atoms with van der Waals surface area (Å²) >= 11 is 0. The second-order valence-corrected chi connectivity index (χ2v) is 5.15. The number of amides is 2. The van der Waals surface area contributed by atoms with E-state index < -0.39 is 6.04 Å². The van der Waals surface area contributed by atoms with Crippen molar-refractivity contribution in [2.24, 2.45) is 23.5 Å². The largest absolute Gasteiger partial charge is 0.387 e. The molecule has 7 N–H and O–H groups in total. The smallest absolute Gasteiger partial charge is 0.271 e. The number of anilines is 1. The summed E-state index contributed by atoms with van der Waals surface area (Å²) in [4.78, 5) is 28.1. The van der Waals surface area contributed by atoms with E-state index in [9.17, 15) is 9.59 Å². The molecule has 0 aromatic carbocycles. The summed E-state index contributed by atoms with van der Waals surface area (Å²) in [5.74, 6) is -0.315. The first-order valence-corrected chi connectivity index (χ1v) is 6.97. The van der Waals surface area contributed by atoms with E-state index in [0.717, 1.165) is 0 Å². The molecule has 1 aromatic heterocycles. The fourth-order valence-corrected chi connectivity index (χ4v) is 2.17. The molecule has 122 valence electrons. The minimum Gasteiger partial charge on any atom is -0.387 e. The van der Waals surface area contributed by atoms with Gasteiger partial charge in [0, 0.05) is 25.9 Å². The van der Waals surface area contributed by atoms with Gasteiger partial charge in [0.1, 0.15) is 17.6 Å². The van der Waals surface area contributed by atoms with Crippen molar-refractivity contribution in [1.82, 2.24) is 9.88 Å². The maximum atomic E-state index is 12.1. The highest BCUT2D eigenvalue weighted by atomic mass is 16.2. The molecule has 0 spiro atoms. The Bertz CT molecular complexity index is 702. The highest BCUT2D eigenvalue weighted by molar-refractivity contribution is 6.00. The van der Waals surface area contributed by atoms with Crippen LogP contribution in [-0.4, -0.2) is 34.1 Å². The first-order chi connectivity index (χ1) is 10.9. The summed E-state index contributed by atoms with van der Waals surface area (Å²) in [5.41, 5.74) is 11.6. The van der Waals surface area contributed by atoms with Crippen LogP contribution >= 0.6 is 0 Å². The van der Waals surface area contributed by atoms with Crippen LogP contribution in [0.5, 0.6) is 0 Å². The number of carbonyl (C=O) groups excluding carboxylic acids is 2. The number of aliphatic imine (C=N–C) groups is 1. The molecule has 1 unspecified atom stereocenters. The van der Waals surface area contributed by atoms with Gasteiger partial charge in [-0.1, -0.05) is 0 Å². The van der Waals surface area contributed by atoms with Crippen LogP contribution in [0.3, 0.4) is 0 Å². The van der Waals surface area contributed by atoms with Gasteiger partial charge in [0.2, 0.25) is 5.91 Å². The molecule has 9 nitrogen and oxygen atoms in total. The van der Waals surface area contributed by atoms with E-state index in [1.165, 1.54) is 12.3 Å². The Morgan fingerprint density at radius 1 is 1.52 bits per heavy atom. The van der Waals surface area contributed by atoms with Gasteiger partial charge >= 0.3 is 0 Å². The Morgan fingerprint density at radius 2 is 2.26 bits per heavy atom. The van der Waals surface area contributed by atoms with Gasteiger partial charge in [0.15, 0.2) is 0 Å². The Morgan fingerprint density at radius 3 is 2.87 bits per heavy atom. The lowest BCUT2D eigenvalue weighted by atomic mass is 10.2. The Hall–Kier alpha value is -3.10. The van der Waals surface area contributed by atoms with Gasteiger partial charge in [-0.3, -0.25) is 20.0 Å². The summed E-state index contributed by atoms with van der Waals surface area (Å²) in [6.45, 7) is 0. The van der Waals surface area contributed by atoms with Crippen molar-refractivity contribution in [2.75, 3.05) is 5.32 Å². The van der Waals surface area contributed by atoms with Crippen molar-refractivity contribution in [3.63, 3.8) is 0 Å². The third-order valence-corrected chi connectivity index (χ3v) is 3.28. The monoisotopic (exact) mass is 317 g/mol. The van der Waals surface area contributed by atoms with Crippen molar-refractivity contribution in [3.05, 3.63) is 30.2 Å². The SMILES string of the molecule is Cn1cc(NC(=O)C2CCC(N)=N2)cc1C(=O)NC=CC(=N)N. The maximum absolute atomic E-state index is 12.1. The van der Waals surface area contributed by atoms with E-state index in [1.54, 1.807) is 23.9 Å². The molecule has 23 heavy (non-hydrogen) atoms. The lowest BCUT2D eigenvalue weighted by Crippen LogP contribution is -2.24. The number of carbonyl (C=O) groups is 2. The quantitative estimate of drug-likeness (QED) is 0.373. The molecular weight excluding hydrogens is 298 g/mol. The van der Waals surface area contributed by atoms with Gasteiger partial charge in [-0.15, -0.1) is 0 Å². The minimum atomic E-state index is -0.481. The number of nitrogens with zero attached hydrogens (tertiary/aromatic N) is 2. The van der Waals surface area contributed by atoms with E-state index in [-0.39, 0.29) is 17.6 Å². The van der Waals surface area contributed by atoms with Crippen LogP contribution < -0.4 is 22.1 Å². The van der Waals surface area contributed by atoms with Gasteiger partial charge in [0.25, 0.3) is 5.91 Å². The van der Waals surface area contributed by atoms with Crippen LogP contribution in [0.4, 0.5) is 5.69 Å². The summed E-state index contributed by atoms with van der Waals surface area (Å²) in [6.07, 6.45) is 5.37. The number of hydrogen-bond donors (Lipinski definition) is 5. The predicted octanol–water partition coefficient (Wildman–Crippen LogP) is -0.337. The molecule has 1 aliphatic heterocycles. The number of nitrogens with one attached hydrogen (secondary N) is 3. The molecule has 1 aromatic rings. The topological polar surface area (TPSA) is 151 Å². The zero-order chi connectivity index (χ0) is 17.0. The first-order valence-electron chi connectivity index (χ1n) is 6.97. The number of hydrogen-bond acceptors (Lipinski definition) is 5. The van der Waals surface area contributed by atoms with Gasteiger partial charge in [-0.2, -0.15) is 0 Å². The molecule has 9 heteroatoms. The molecule has 0 saturated heterocycles. The molecule has 2 heterocycles. The number of aryl methyl sites for hydroxylation is 1. The molecule has 0 radical (unpaired) electrons. The zero-order valence-corrected chi connectivity index (χ0v) is 12.7. The normalized spacial score (nSPS) is 17.1. The van der Waals surface area contributed by atoms with Crippen LogP contribution in [0.1, 0.15) is 23.3 Å². The highest BCUT2D eigenvalue weighted by Gasteiger charge is 2.23. The summed E-state index contributed by atoms with van der Waals surface area (Å²) < 4.78 is 1.58. The van der Waals surface area contributed by atoms with Crippen LogP contribution in [-0.2, 0) is 11.8 Å². The van der Waals surface area contributed by atoms with Crippen LogP contribution in [0.15, 0.2) is 29.5 Å². The van der Waals surface area contributed by atoms with Crippen LogP contribution in [0.2, 0.25) is 0 Å².